The van der Waals surface area contributed by atoms with E-state index in [9.17, 15) is 9.90 Å². The van der Waals surface area contributed by atoms with Crippen LogP contribution < -0.4 is 0 Å². The molecule has 0 aliphatic rings. The molecule has 0 bridgehead atoms. The molecule has 0 aromatic heterocycles. The van der Waals surface area contributed by atoms with Crippen LogP contribution in [0.1, 0.15) is 29.3 Å². The number of hydrogen-bond donors (Lipinski definition) is 1. The SMILES string of the molecule is CCCc1ccc(C=O)cc1O. The molecule has 1 aromatic rings. The maximum Gasteiger partial charge on any atom is 0.150 e. The highest BCUT2D eigenvalue weighted by atomic mass is 16.3. The number of hydrogen-bond acceptors (Lipinski definition) is 2. The fourth-order valence-corrected chi connectivity index (χ4v) is 1.13. The number of phenols is 1. The van der Waals surface area contributed by atoms with Gasteiger partial charge in [-0.05, 0) is 18.1 Å². The monoisotopic (exact) mass is 164 g/mol. The first-order chi connectivity index (χ1) is 5.77. The number of carbonyl (C=O) groups excluding carboxylic acids is 1. The van der Waals surface area contributed by atoms with Crippen molar-refractivity contribution in [2.24, 2.45) is 0 Å². The lowest BCUT2D eigenvalue weighted by atomic mass is 10.1. The van der Waals surface area contributed by atoms with Gasteiger partial charge in [-0.3, -0.25) is 4.79 Å². The Hall–Kier alpha value is -1.31. The van der Waals surface area contributed by atoms with E-state index < -0.39 is 0 Å². The van der Waals surface area contributed by atoms with Crippen LogP contribution in [0.3, 0.4) is 0 Å². The zero-order chi connectivity index (χ0) is 8.97. The van der Waals surface area contributed by atoms with Crippen molar-refractivity contribution in [2.45, 2.75) is 19.8 Å². The molecule has 1 N–H and O–H groups in total. The average molecular weight is 164 g/mol. The lowest BCUT2D eigenvalue weighted by Gasteiger charge is -2.02. The van der Waals surface area contributed by atoms with E-state index in [1.165, 1.54) is 6.07 Å². The van der Waals surface area contributed by atoms with Crippen LogP contribution in [-0.4, -0.2) is 11.4 Å². The summed E-state index contributed by atoms with van der Waals surface area (Å²) in [5.74, 6) is 0.224. The molecule has 0 atom stereocenters. The van der Waals surface area contributed by atoms with Gasteiger partial charge in [0, 0.05) is 5.56 Å². The molecule has 0 aliphatic heterocycles. The third-order valence-corrected chi connectivity index (χ3v) is 1.76. The second-order valence-electron chi connectivity index (χ2n) is 2.76. The van der Waals surface area contributed by atoms with Crippen LogP contribution in [0, 0.1) is 0 Å². The second-order valence-corrected chi connectivity index (χ2v) is 2.76. The van der Waals surface area contributed by atoms with Crippen LogP contribution in [-0.2, 0) is 6.42 Å². The fourth-order valence-electron chi connectivity index (χ4n) is 1.13. The van der Waals surface area contributed by atoms with E-state index in [4.69, 9.17) is 0 Å². The van der Waals surface area contributed by atoms with Crippen molar-refractivity contribution in [1.29, 1.82) is 0 Å². The molecule has 0 spiro atoms. The van der Waals surface area contributed by atoms with Crippen molar-refractivity contribution in [1.82, 2.24) is 0 Å². The van der Waals surface area contributed by atoms with Crippen molar-refractivity contribution >= 4 is 6.29 Å². The van der Waals surface area contributed by atoms with Crippen molar-refractivity contribution < 1.29 is 9.90 Å². The van der Waals surface area contributed by atoms with Gasteiger partial charge in [-0.25, -0.2) is 0 Å². The van der Waals surface area contributed by atoms with Crippen LogP contribution in [0.2, 0.25) is 0 Å². The molecule has 0 fully saturated rings. The van der Waals surface area contributed by atoms with E-state index in [-0.39, 0.29) is 5.75 Å². The molecule has 0 amide bonds. The summed E-state index contributed by atoms with van der Waals surface area (Å²) in [6.45, 7) is 2.05. The maximum atomic E-state index is 10.3. The molecule has 64 valence electrons. The summed E-state index contributed by atoms with van der Waals surface area (Å²) in [4.78, 5) is 10.3. The highest BCUT2D eigenvalue weighted by Gasteiger charge is 2.00. The zero-order valence-electron chi connectivity index (χ0n) is 7.08. The third-order valence-electron chi connectivity index (χ3n) is 1.76. The minimum atomic E-state index is 0.224. The fraction of sp³-hybridized carbons (Fsp3) is 0.300. The van der Waals surface area contributed by atoms with Crippen molar-refractivity contribution in [3.05, 3.63) is 29.3 Å². The molecule has 1 rings (SSSR count). The predicted octanol–water partition coefficient (Wildman–Crippen LogP) is 2.16. The Labute approximate surface area is 71.8 Å². The van der Waals surface area contributed by atoms with E-state index >= 15 is 0 Å². The molecule has 0 unspecified atom stereocenters. The molecular formula is C10H12O2. The van der Waals surface area contributed by atoms with Gasteiger partial charge in [0.25, 0.3) is 0 Å². The summed E-state index contributed by atoms with van der Waals surface area (Å²) < 4.78 is 0. The Morgan fingerprint density at radius 1 is 1.50 bits per heavy atom. The van der Waals surface area contributed by atoms with E-state index in [2.05, 4.69) is 0 Å². The molecule has 0 aliphatic carbocycles. The number of aromatic hydroxyl groups is 1. The first kappa shape index (κ1) is 8.78. The number of phenolic OH excluding ortho intramolecular Hbond substituents is 1. The summed E-state index contributed by atoms with van der Waals surface area (Å²) in [5.41, 5.74) is 1.43. The summed E-state index contributed by atoms with van der Waals surface area (Å²) in [7, 11) is 0. The molecule has 0 radical (unpaired) electrons. The molecule has 12 heavy (non-hydrogen) atoms. The van der Waals surface area contributed by atoms with Crippen LogP contribution in [0.5, 0.6) is 5.75 Å². The highest BCUT2D eigenvalue weighted by Crippen LogP contribution is 2.19. The van der Waals surface area contributed by atoms with Crippen LogP contribution in [0.4, 0.5) is 0 Å². The standard InChI is InChI=1S/C10H12O2/c1-2-3-9-5-4-8(7-11)6-10(9)12/h4-7,12H,2-3H2,1H3. The smallest absolute Gasteiger partial charge is 0.150 e. The molecule has 2 nitrogen and oxygen atoms in total. The van der Waals surface area contributed by atoms with Gasteiger partial charge in [0.05, 0.1) is 0 Å². The topological polar surface area (TPSA) is 37.3 Å². The summed E-state index contributed by atoms with van der Waals surface area (Å²) in [5, 5.41) is 9.39. The Kier molecular flexibility index (Phi) is 2.86. The van der Waals surface area contributed by atoms with Crippen LogP contribution in [0.15, 0.2) is 18.2 Å². The van der Waals surface area contributed by atoms with E-state index in [0.717, 1.165) is 24.7 Å². The first-order valence-electron chi connectivity index (χ1n) is 4.05. The van der Waals surface area contributed by atoms with Gasteiger partial charge in [0.15, 0.2) is 0 Å². The summed E-state index contributed by atoms with van der Waals surface area (Å²) >= 11 is 0. The van der Waals surface area contributed by atoms with Crippen LogP contribution in [0.25, 0.3) is 0 Å². The summed E-state index contributed by atoms with van der Waals surface area (Å²) in [6, 6.07) is 5.01. The van der Waals surface area contributed by atoms with E-state index in [1.807, 2.05) is 6.92 Å². The molecule has 0 saturated carbocycles. The lowest BCUT2D eigenvalue weighted by molar-refractivity contribution is 0.112. The van der Waals surface area contributed by atoms with E-state index in [1.54, 1.807) is 12.1 Å². The normalized spacial score (nSPS) is 9.75. The van der Waals surface area contributed by atoms with Crippen molar-refractivity contribution in [3.63, 3.8) is 0 Å². The molecule has 1 aromatic carbocycles. The predicted molar refractivity (Wildman–Crippen MR) is 47.5 cm³/mol. The van der Waals surface area contributed by atoms with Gasteiger partial charge >= 0.3 is 0 Å². The highest BCUT2D eigenvalue weighted by molar-refractivity contribution is 5.75. The van der Waals surface area contributed by atoms with Crippen molar-refractivity contribution in [2.75, 3.05) is 0 Å². The molecular weight excluding hydrogens is 152 g/mol. The van der Waals surface area contributed by atoms with Gasteiger partial charge < -0.3 is 5.11 Å². The number of carbonyl (C=O) groups is 1. The number of rotatable bonds is 3. The van der Waals surface area contributed by atoms with Crippen molar-refractivity contribution in [3.8, 4) is 5.75 Å². The number of aryl methyl sites for hydroxylation is 1. The zero-order valence-corrected chi connectivity index (χ0v) is 7.08. The first-order valence-corrected chi connectivity index (χ1v) is 4.05. The average Bonchev–Trinajstić information content (AvgIpc) is 2.09. The Morgan fingerprint density at radius 3 is 2.75 bits per heavy atom. The van der Waals surface area contributed by atoms with Gasteiger partial charge in [0.1, 0.15) is 12.0 Å². The minimum absolute atomic E-state index is 0.224. The Morgan fingerprint density at radius 2 is 2.25 bits per heavy atom. The molecule has 0 saturated heterocycles. The quantitative estimate of drug-likeness (QED) is 0.695. The third kappa shape index (κ3) is 1.84. The molecule has 2 heteroatoms. The largest absolute Gasteiger partial charge is 0.508 e. The number of aldehydes is 1. The second kappa shape index (κ2) is 3.90. The maximum absolute atomic E-state index is 10.3. The van der Waals surface area contributed by atoms with Gasteiger partial charge in [0.2, 0.25) is 0 Å². The van der Waals surface area contributed by atoms with Crippen LogP contribution >= 0.6 is 0 Å². The van der Waals surface area contributed by atoms with Gasteiger partial charge in [-0.15, -0.1) is 0 Å². The van der Waals surface area contributed by atoms with Gasteiger partial charge in [-0.1, -0.05) is 25.5 Å². The minimum Gasteiger partial charge on any atom is -0.508 e. The Bertz CT molecular complexity index is 279. The lowest BCUT2D eigenvalue weighted by Crippen LogP contribution is -1.86. The van der Waals surface area contributed by atoms with Gasteiger partial charge in [-0.2, -0.15) is 0 Å². The van der Waals surface area contributed by atoms with E-state index in [0.29, 0.717) is 5.56 Å². The molecule has 0 heterocycles. The summed E-state index contributed by atoms with van der Waals surface area (Å²) in [6.07, 6.45) is 2.58. The number of benzene rings is 1. The Balaban J connectivity index is 2.94.